The molecule has 5 heteroatoms. The number of halogens is 1. The van der Waals surface area contributed by atoms with E-state index in [4.69, 9.17) is 5.73 Å². The first-order valence-corrected chi connectivity index (χ1v) is 8.19. The Morgan fingerprint density at radius 2 is 2.10 bits per heavy atom. The van der Waals surface area contributed by atoms with Crippen molar-refractivity contribution < 1.29 is 9.59 Å². The van der Waals surface area contributed by atoms with Crippen LogP contribution in [-0.2, 0) is 9.59 Å². The molecule has 0 aromatic heterocycles. The quantitative estimate of drug-likeness (QED) is 0.875. The highest BCUT2D eigenvalue weighted by atomic mass is 79.9. The molecule has 0 radical (unpaired) electrons. The van der Waals surface area contributed by atoms with Gasteiger partial charge in [0.2, 0.25) is 11.8 Å². The van der Waals surface area contributed by atoms with Crippen LogP contribution >= 0.6 is 15.9 Å². The number of rotatable bonds is 4. The van der Waals surface area contributed by atoms with Gasteiger partial charge in [-0.3, -0.25) is 9.59 Å². The van der Waals surface area contributed by atoms with Crippen LogP contribution in [0.5, 0.6) is 0 Å². The summed E-state index contributed by atoms with van der Waals surface area (Å²) in [6, 6.07) is 6.57. The molecule has 4 atom stereocenters. The van der Waals surface area contributed by atoms with E-state index in [-0.39, 0.29) is 11.8 Å². The first kappa shape index (κ1) is 14.6. The molecule has 2 amide bonds. The third kappa shape index (κ3) is 2.98. The van der Waals surface area contributed by atoms with Gasteiger partial charge in [0.1, 0.15) is 6.04 Å². The van der Waals surface area contributed by atoms with Gasteiger partial charge < -0.3 is 11.1 Å². The number of carbonyl (C=O) groups is 2. The maximum Gasteiger partial charge on any atom is 0.244 e. The Hall–Kier alpha value is -1.36. The van der Waals surface area contributed by atoms with Crippen molar-refractivity contribution >= 4 is 27.7 Å². The van der Waals surface area contributed by atoms with Crippen molar-refractivity contribution in [2.24, 2.45) is 23.5 Å². The van der Waals surface area contributed by atoms with E-state index >= 15 is 0 Å². The lowest BCUT2D eigenvalue weighted by atomic mass is 9.88. The minimum absolute atomic E-state index is 0.0222. The molecule has 0 aliphatic heterocycles. The van der Waals surface area contributed by atoms with Gasteiger partial charge in [0, 0.05) is 10.4 Å². The molecule has 3 rings (SSSR count). The average Bonchev–Trinajstić information content (AvgIpc) is 3.06. The number of nitrogens with two attached hydrogens (primary N) is 1. The number of benzene rings is 1. The molecule has 2 fully saturated rings. The van der Waals surface area contributed by atoms with Crippen LogP contribution in [0.4, 0.5) is 0 Å². The smallest absolute Gasteiger partial charge is 0.244 e. The van der Waals surface area contributed by atoms with Crippen LogP contribution in [0, 0.1) is 17.8 Å². The molecule has 2 aliphatic rings. The first-order chi connectivity index (χ1) is 10.0. The average molecular weight is 351 g/mol. The number of fused-ring (bicyclic) bond motifs is 2. The summed E-state index contributed by atoms with van der Waals surface area (Å²) in [7, 11) is 0. The van der Waals surface area contributed by atoms with Gasteiger partial charge in [0.25, 0.3) is 0 Å². The highest BCUT2D eigenvalue weighted by Gasteiger charge is 2.43. The molecular formula is C16H19BrN2O2. The predicted octanol–water partition coefficient (Wildman–Crippen LogP) is 2.53. The predicted molar refractivity (Wildman–Crippen MR) is 83.2 cm³/mol. The molecule has 21 heavy (non-hydrogen) atoms. The zero-order chi connectivity index (χ0) is 15.0. The number of nitrogens with one attached hydrogen (secondary N) is 1. The van der Waals surface area contributed by atoms with Crippen molar-refractivity contribution in [3.63, 3.8) is 0 Å². The molecule has 0 saturated heterocycles. The standard InChI is InChI=1S/C16H19BrN2O2/c17-12-3-1-2-11(8-12)14(15(18)20)19-16(21)13-7-9-4-5-10(13)6-9/h1-3,8-10,13-14H,4-7H2,(H2,18,20)(H,19,21)/t9-,10-,13-,14-/m0/s1. The molecule has 2 bridgehead atoms. The van der Waals surface area contributed by atoms with Crippen LogP contribution in [0.2, 0.25) is 0 Å². The van der Waals surface area contributed by atoms with Gasteiger partial charge in [-0.15, -0.1) is 0 Å². The minimum atomic E-state index is -0.755. The van der Waals surface area contributed by atoms with Crippen LogP contribution in [0.25, 0.3) is 0 Å². The van der Waals surface area contributed by atoms with Crippen molar-refractivity contribution in [1.82, 2.24) is 5.32 Å². The third-order valence-electron chi connectivity index (χ3n) is 4.83. The van der Waals surface area contributed by atoms with Gasteiger partial charge in [-0.05, 0) is 48.8 Å². The Bertz CT molecular complexity index is 575. The van der Waals surface area contributed by atoms with E-state index in [9.17, 15) is 9.59 Å². The summed E-state index contributed by atoms with van der Waals surface area (Å²) in [5.74, 6) is 0.697. The molecule has 0 unspecified atom stereocenters. The summed E-state index contributed by atoms with van der Waals surface area (Å²) in [6.45, 7) is 0. The molecule has 3 N–H and O–H groups in total. The molecule has 0 heterocycles. The highest BCUT2D eigenvalue weighted by Crippen LogP contribution is 2.48. The maximum absolute atomic E-state index is 12.5. The van der Waals surface area contributed by atoms with E-state index in [1.165, 1.54) is 6.42 Å². The maximum atomic E-state index is 12.5. The summed E-state index contributed by atoms with van der Waals surface area (Å²) in [6.07, 6.45) is 4.51. The lowest BCUT2D eigenvalue weighted by Crippen LogP contribution is -2.41. The second-order valence-corrected chi connectivity index (χ2v) is 7.10. The summed E-state index contributed by atoms with van der Waals surface area (Å²) >= 11 is 3.37. The van der Waals surface area contributed by atoms with Gasteiger partial charge in [0.15, 0.2) is 0 Å². The molecule has 2 aliphatic carbocycles. The zero-order valence-electron chi connectivity index (χ0n) is 11.7. The first-order valence-electron chi connectivity index (χ1n) is 7.39. The molecule has 1 aromatic rings. The molecule has 112 valence electrons. The topological polar surface area (TPSA) is 72.2 Å². The van der Waals surface area contributed by atoms with E-state index in [2.05, 4.69) is 21.2 Å². The Balaban J connectivity index is 1.73. The van der Waals surface area contributed by atoms with E-state index in [1.54, 1.807) is 6.07 Å². The van der Waals surface area contributed by atoms with Crippen LogP contribution in [0.15, 0.2) is 28.7 Å². The fourth-order valence-corrected chi connectivity index (χ4v) is 4.24. The summed E-state index contributed by atoms with van der Waals surface area (Å²) in [4.78, 5) is 24.2. The molecule has 0 spiro atoms. The van der Waals surface area contributed by atoms with Gasteiger partial charge >= 0.3 is 0 Å². The number of hydrogen-bond donors (Lipinski definition) is 2. The molecule has 4 nitrogen and oxygen atoms in total. The normalized spacial score (nSPS) is 28.3. The molecular weight excluding hydrogens is 332 g/mol. The lowest BCUT2D eigenvalue weighted by molar-refractivity contribution is -0.131. The minimum Gasteiger partial charge on any atom is -0.368 e. The van der Waals surface area contributed by atoms with Crippen molar-refractivity contribution in [2.75, 3.05) is 0 Å². The van der Waals surface area contributed by atoms with Crippen LogP contribution < -0.4 is 11.1 Å². The van der Waals surface area contributed by atoms with Crippen molar-refractivity contribution in [3.05, 3.63) is 34.3 Å². The SMILES string of the molecule is NC(=O)[C@@H](NC(=O)[C@H]1C[C@H]2CC[C@H]1C2)c1cccc(Br)c1. The van der Waals surface area contributed by atoms with E-state index in [0.717, 1.165) is 23.7 Å². The van der Waals surface area contributed by atoms with Gasteiger partial charge in [-0.2, -0.15) is 0 Å². The lowest BCUT2D eigenvalue weighted by Gasteiger charge is -2.24. The van der Waals surface area contributed by atoms with Gasteiger partial charge in [-0.25, -0.2) is 0 Å². The van der Waals surface area contributed by atoms with Crippen molar-refractivity contribution in [1.29, 1.82) is 0 Å². The van der Waals surface area contributed by atoms with Crippen LogP contribution in [0.1, 0.15) is 37.3 Å². The Labute approximate surface area is 132 Å². The van der Waals surface area contributed by atoms with E-state index < -0.39 is 11.9 Å². The number of hydrogen-bond acceptors (Lipinski definition) is 2. The third-order valence-corrected chi connectivity index (χ3v) is 5.32. The van der Waals surface area contributed by atoms with E-state index in [0.29, 0.717) is 17.4 Å². The Morgan fingerprint density at radius 3 is 2.67 bits per heavy atom. The number of amides is 2. The summed E-state index contributed by atoms with van der Waals surface area (Å²) in [5.41, 5.74) is 6.19. The van der Waals surface area contributed by atoms with Crippen LogP contribution in [0.3, 0.4) is 0 Å². The Kier molecular flexibility index (Phi) is 4.02. The van der Waals surface area contributed by atoms with Gasteiger partial charge in [0.05, 0.1) is 0 Å². The van der Waals surface area contributed by atoms with Gasteiger partial charge in [-0.1, -0.05) is 34.5 Å². The summed E-state index contributed by atoms with van der Waals surface area (Å²) < 4.78 is 0.862. The molecule has 2 saturated carbocycles. The van der Waals surface area contributed by atoms with Crippen molar-refractivity contribution in [2.45, 2.75) is 31.7 Å². The van der Waals surface area contributed by atoms with E-state index in [1.807, 2.05) is 18.2 Å². The fraction of sp³-hybridized carbons (Fsp3) is 0.500. The largest absolute Gasteiger partial charge is 0.368 e. The Morgan fingerprint density at radius 1 is 1.29 bits per heavy atom. The second kappa shape index (κ2) is 5.79. The highest BCUT2D eigenvalue weighted by molar-refractivity contribution is 9.10. The zero-order valence-corrected chi connectivity index (χ0v) is 13.3. The monoisotopic (exact) mass is 350 g/mol. The van der Waals surface area contributed by atoms with Crippen molar-refractivity contribution in [3.8, 4) is 0 Å². The fourth-order valence-electron chi connectivity index (χ4n) is 3.82. The molecule has 1 aromatic carbocycles. The second-order valence-electron chi connectivity index (χ2n) is 6.18. The van der Waals surface area contributed by atoms with Crippen LogP contribution in [-0.4, -0.2) is 11.8 Å². The number of carbonyl (C=O) groups excluding carboxylic acids is 2. The summed E-state index contributed by atoms with van der Waals surface area (Å²) in [5, 5.41) is 2.85. The number of primary amides is 1.